The van der Waals surface area contributed by atoms with Gasteiger partial charge in [0.05, 0.1) is 23.7 Å². The van der Waals surface area contributed by atoms with Crippen LogP contribution in [0.15, 0.2) is 23.1 Å². The van der Waals surface area contributed by atoms with Gasteiger partial charge < -0.3 is 9.47 Å². The van der Waals surface area contributed by atoms with Gasteiger partial charge in [0, 0.05) is 13.2 Å². The monoisotopic (exact) mass is 313 g/mol. The standard InChI is InChI=1S/C14H19NO5S/c1-10-5-6-12(8-13(10)14(16)19-2)21(17,18)15-9-11-4-3-7-20-11/h5-6,8,11,15H,3-4,7,9H2,1-2H3/t11-/m0/s1. The number of aryl methyl sites for hydroxylation is 1. The lowest BCUT2D eigenvalue weighted by atomic mass is 10.1. The summed E-state index contributed by atoms with van der Waals surface area (Å²) < 4.78 is 37.0. The number of esters is 1. The highest BCUT2D eigenvalue weighted by atomic mass is 32.2. The van der Waals surface area contributed by atoms with Gasteiger partial charge in [-0.25, -0.2) is 17.9 Å². The molecule has 1 N–H and O–H groups in total. The number of ether oxygens (including phenoxy) is 2. The zero-order valence-electron chi connectivity index (χ0n) is 12.1. The minimum Gasteiger partial charge on any atom is -0.465 e. The van der Waals surface area contributed by atoms with Gasteiger partial charge in [-0.1, -0.05) is 6.07 Å². The van der Waals surface area contributed by atoms with Gasteiger partial charge in [0.1, 0.15) is 0 Å². The molecule has 1 aliphatic rings. The van der Waals surface area contributed by atoms with Gasteiger partial charge in [0.2, 0.25) is 10.0 Å². The van der Waals surface area contributed by atoms with E-state index in [1.807, 2.05) is 0 Å². The van der Waals surface area contributed by atoms with E-state index < -0.39 is 16.0 Å². The number of nitrogens with one attached hydrogen (secondary N) is 1. The Morgan fingerprint density at radius 1 is 1.48 bits per heavy atom. The molecule has 0 radical (unpaired) electrons. The summed E-state index contributed by atoms with van der Waals surface area (Å²) in [7, 11) is -2.40. The maximum Gasteiger partial charge on any atom is 0.338 e. The number of sulfonamides is 1. The lowest BCUT2D eigenvalue weighted by Gasteiger charge is -2.12. The fourth-order valence-corrected chi connectivity index (χ4v) is 3.28. The molecule has 0 saturated carbocycles. The topological polar surface area (TPSA) is 81.7 Å². The third-order valence-corrected chi connectivity index (χ3v) is 4.87. The van der Waals surface area contributed by atoms with Crippen LogP contribution in [0.1, 0.15) is 28.8 Å². The van der Waals surface area contributed by atoms with E-state index in [9.17, 15) is 13.2 Å². The molecular weight excluding hydrogens is 294 g/mol. The van der Waals surface area contributed by atoms with E-state index >= 15 is 0 Å². The van der Waals surface area contributed by atoms with Gasteiger partial charge in [0.25, 0.3) is 0 Å². The van der Waals surface area contributed by atoms with Crippen molar-refractivity contribution in [3.05, 3.63) is 29.3 Å². The fraction of sp³-hybridized carbons (Fsp3) is 0.500. The third kappa shape index (κ3) is 3.81. The van der Waals surface area contributed by atoms with Gasteiger partial charge in [-0.15, -0.1) is 0 Å². The first kappa shape index (κ1) is 15.9. The van der Waals surface area contributed by atoms with Crippen LogP contribution in [0.25, 0.3) is 0 Å². The molecule has 21 heavy (non-hydrogen) atoms. The van der Waals surface area contributed by atoms with E-state index in [4.69, 9.17) is 4.74 Å². The SMILES string of the molecule is COC(=O)c1cc(S(=O)(=O)NC[C@@H]2CCCO2)ccc1C. The minimum atomic E-state index is -3.67. The summed E-state index contributed by atoms with van der Waals surface area (Å²) in [6, 6.07) is 4.39. The predicted octanol–water partition coefficient (Wildman–Crippen LogP) is 1.24. The third-order valence-electron chi connectivity index (χ3n) is 3.45. The molecule has 1 aromatic rings. The Morgan fingerprint density at radius 3 is 2.86 bits per heavy atom. The molecule has 0 aliphatic carbocycles. The molecule has 6 nitrogen and oxygen atoms in total. The molecule has 0 aromatic heterocycles. The molecule has 1 atom stereocenters. The van der Waals surface area contributed by atoms with Crippen LogP contribution in [-0.4, -0.2) is 40.8 Å². The number of hydrogen-bond donors (Lipinski definition) is 1. The normalized spacial score (nSPS) is 18.7. The van der Waals surface area contributed by atoms with Crippen LogP contribution in [0, 0.1) is 6.92 Å². The van der Waals surface area contributed by atoms with Crippen molar-refractivity contribution in [3.63, 3.8) is 0 Å². The summed E-state index contributed by atoms with van der Waals surface area (Å²) in [4.78, 5) is 11.7. The van der Waals surface area contributed by atoms with Crippen LogP contribution in [0.4, 0.5) is 0 Å². The molecule has 1 aliphatic heterocycles. The summed E-state index contributed by atoms with van der Waals surface area (Å²) in [6.07, 6.45) is 1.72. The Hall–Kier alpha value is -1.44. The van der Waals surface area contributed by atoms with E-state index in [2.05, 4.69) is 9.46 Å². The van der Waals surface area contributed by atoms with Crippen LogP contribution in [0.5, 0.6) is 0 Å². The molecule has 0 bridgehead atoms. The molecule has 0 unspecified atom stereocenters. The number of benzene rings is 1. The van der Waals surface area contributed by atoms with E-state index in [0.29, 0.717) is 12.2 Å². The minimum absolute atomic E-state index is 0.0477. The number of methoxy groups -OCH3 is 1. The molecule has 1 fully saturated rings. The van der Waals surface area contributed by atoms with Crippen molar-refractivity contribution in [1.29, 1.82) is 0 Å². The molecule has 1 aromatic carbocycles. The highest BCUT2D eigenvalue weighted by Crippen LogP contribution is 2.17. The van der Waals surface area contributed by atoms with E-state index in [-0.39, 0.29) is 23.1 Å². The molecule has 0 spiro atoms. The lowest BCUT2D eigenvalue weighted by molar-refractivity contribution is 0.0599. The van der Waals surface area contributed by atoms with Crippen LogP contribution in [0.3, 0.4) is 0 Å². The molecule has 2 rings (SSSR count). The zero-order chi connectivity index (χ0) is 15.5. The molecule has 7 heteroatoms. The average molecular weight is 313 g/mol. The van der Waals surface area contributed by atoms with Crippen LogP contribution in [-0.2, 0) is 19.5 Å². The smallest absolute Gasteiger partial charge is 0.338 e. The molecule has 1 heterocycles. The Balaban J connectivity index is 2.17. The molecule has 1 saturated heterocycles. The second-order valence-corrected chi connectivity index (χ2v) is 6.72. The van der Waals surface area contributed by atoms with Crippen molar-refractivity contribution >= 4 is 16.0 Å². The summed E-state index contributed by atoms with van der Waals surface area (Å²) in [6.45, 7) is 2.63. The van der Waals surface area contributed by atoms with Crippen LogP contribution < -0.4 is 4.72 Å². The highest BCUT2D eigenvalue weighted by molar-refractivity contribution is 7.89. The summed E-state index contributed by atoms with van der Waals surface area (Å²) in [5, 5.41) is 0. The highest BCUT2D eigenvalue weighted by Gasteiger charge is 2.21. The Labute approximate surface area is 124 Å². The Bertz CT molecular complexity index is 620. The maximum absolute atomic E-state index is 12.2. The Kier molecular flexibility index (Phi) is 4.97. The molecule has 0 amide bonds. The van der Waals surface area contributed by atoms with Crippen molar-refractivity contribution < 1.29 is 22.7 Å². The van der Waals surface area contributed by atoms with Crippen LogP contribution in [0.2, 0.25) is 0 Å². The van der Waals surface area contributed by atoms with Crippen molar-refractivity contribution in [2.24, 2.45) is 0 Å². The quantitative estimate of drug-likeness (QED) is 0.827. The number of rotatable bonds is 5. The number of carbonyl (C=O) groups excluding carboxylic acids is 1. The van der Waals surface area contributed by atoms with Gasteiger partial charge in [-0.2, -0.15) is 0 Å². The van der Waals surface area contributed by atoms with E-state index in [1.165, 1.54) is 19.2 Å². The first-order chi connectivity index (χ1) is 9.94. The second kappa shape index (κ2) is 6.55. The van der Waals surface area contributed by atoms with Gasteiger partial charge >= 0.3 is 5.97 Å². The molecule has 116 valence electrons. The molecular formula is C14H19NO5S. The van der Waals surface area contributed by atoms with Gasteiger partial charge in [0.15, 0.2) is 0 Å². The first-order valence-corrected chi connectivity index (χ1v) is 8.22. The van der Waals surface area contributed by atoms with Crippen molar-refractivity contribution in [1.82, 2.24) is 4.72 Å². The summed E-state index contributed by atoms with van der Waals surface area (Å²) >= 11 is 0. The number of hydrogen-bond acceptors (Lipinski definition) is 5. The van der Waals surface area contributed by atoms with Crippen molar-refractivity contribution in [2.45, 2.75) is 30.8 Å². The van der Waals surface area contributed by atoms with Gasteiger partial charge in [-0.05, 0) is 37.5 Å². The van der Waals surface area contributed by atoms with E-state index in [1.54, 1.807) is 13.0 Å². The van der Waals surface area contributed by atoms with Crippen LogP contribution >= 0.6 is 0 Å². The Morgan fingerprint density at radius 2 is 2.24 bits per heavy atom. The maximum atomic E-state index is 12.2. The van der Waals surface area contributed by atoms with Crippen molar-refractivity contribution in [2.75, 3.05) is 20.3 Å². The van der Waals surface area contributed by atoms with Crippen molar-refractivity contribution in [3.8, 4) is 0 Å². The predicted molar refractivity (Wildman–Crippen MR) is 76.7 cm³/mol. The summed E-state index contributed by atoms with van der Waals surface area (Å²) in [5.41, 5.74) is 0.914. The second-order valence-electron chi connectivity index (χ2n) is 4.96. The first-order valence-electron chi connectivity index (χ1n) is 6.74. The van der Waals surface area contributed by atoms with E-state index in [0.717, 1.165) is 12.8 Å². The van der Waals surface area contributed by atoms with Gasteiger partial charge in [-0.3, -0.25) is 0 Å². The largest absolute Gasteiger partial charge is 0.465 e. The zero-order valence-corrected chi connectivity index (χ0v) is 12.9. The fourth-order valence-electron chi connectivity index (χ4n) is 2.19. The lowest BCUT2D eigenvalue weighted by Crippen LogP contribution is -2.32. The average Bonchev–Trinajstić information content (AvgIpc) is 2.98. The summed E-state index contributed by atoms with van der Waals surface area (Å²) in [5.74, 6) is -0.552. The number of carbonyl (C=O) groups is 1.